The van der Waals surface area contributed by atoms with Gasteiger partial charge in [0.2, 0.25) is 17.7 Å². The van der Waals surface area contributed by atoms with E-state index < -0.39 is 47.9 Å². The zero-order valence-electron chi connectivity index (χ0n) is 24.9. The van der Waals surface area contributed by atoms with Crippen molar-refractivity contribution in [2.45, 2.75) is 62.7 Å². The Kier molecular flexibility index (Phi) is 13.3. The lowest BCUT2D eigenvalue weighted by molar-refractivity contribution is -0.142. The highest BCUT2D eigenvalue weighted by Crippen LogP contribution is 2.13. The molecule has 0 heterocycles. The van der Waals surface area contributed by atoms with Crippen molar-refractivity contribution in [2.24, 2.45) is 11.5 Å². The Labute approximate surface area is 261 Å². The minimum absolute atomic E-state index is 0.0239. The summed E-state index contributed by atoms with van der Waals surface area (Å²) >= 11 is 0. The number of phenols is 2. The van der Waals surface area contributed by atoms with E-state index in [1.54, 1.807) is 48.5 Å². The molecule has 4 atom stereocenters. The smallest absolute Gasteiger partial charge is 0.326 e. The number of benzene rings is 3. The number of carbonyl (C=O) groups is 4. The summed E-state index contributed by atoms with van der Waals surface area (Å²) in [7, 11) is 0. The summed E-state index contributed by atoms with van der Waals surface area (Å²) < 4.78 is 0. The fraction of sp³-hybridized carbons (Fsp3) is 0.333. The molecule has 0 aromatic heterocycles. The predicted octanol–water partition coefficient (Wildman–Crippen LogP) is 1.12. The number of rotatable bonds is 17. The van der Waals surface area contributed by atoms with Crippen LogP contribution in [0, 0.1) is 0 Å². The molecule has 0 aliphatic heterocycles. The van der Waals surface area contributed by atoms with Gasteiger partial charge < -0.3 is 42.7 Å². The number of hydrogen-bond donors (Lipinski definition) is 8. The van der Waals surface area contributed by atoms with Crippen LogP contribution in [0.4, 0.5) is 0 Å². The Hall–Kier alpha value is -4.94. The van der Waals surface area contributed by atoms with Gasteiger partial charge in [-0.1, -0.05) is 54.6 Å². The number of nitrogens with one attached hydrogen (secondary N) is 3. The summed E-state index contributed by atoms with van der Waals surface area (Å²) in [6, 6.07) is 16.7. The Balaban J connectivity index is 1.76. The van der Waals surface area contributed by atoms with Gasteiger partial charge in [0, 0.05) is 12.8 Å². The van der Waals surface area contributed by atoms with E-state index in [9.17, 15) is 34.5 Å². The Morgan fingerprint density at radius 2 is 1.07 bits per heavy atom. The number of aliphatic carboxylic acids is 1. The van der Waals surface area contributed by atoms with Crippen molar-refractivity contribution in [1.82, 2.24) is 16.0 Å². The second-order valence-electron chi connectivity index (χ2n) is 10.8. The van der Waals surface area contributed by atoms with Crippen LogP contribution in [0.25, 0.3) is 0 Å². The molecule has 10 N–H and O–H groups in total. The lowest BCUT2D eigenvalue weighted by atomic mass is 10.0. The van der Waals surface area contributed by atoms with E-state index in [1.165, 1.54) is 24.3 Å². The van der Waals surface area contributed by atoms with Crippen LogP contribution in [0.15, 0.2) is 78.9 Å². The SMILES string of the molecule is NCCCCC(NC(=O)C(Cc1ccccc1)NC(=O)C(N)Cc1ccc(O)cc1)C(=O)NC(Cc1ccc(O)cc1)C(=O)O. The number of amides is 3. The van der Waals surface area contributed by atoms with Gasteiger partial charge in [0.05, 0.1) is 6.04 Å². The van der Waals surface area contributed by atoms with Gasteiger partial charge in [0.1, 0.15) is 29.6 Å². The van der Waals surface area contributed by atoms with Gasteiger partial charge >= 0.3 is 5.97 Å². The van der Waals surface area contributed by atoms with Crippen molar-refractivity contribution in [1.29, 1.82) is 0 Å². The highest BCUT2D eigenvalue weighted by molar-refractivity contribution is 5.94. The van der Waals surface area contributed by atoms with Crippen LogP contribution in [-0.2, 0) is 38.4 Å². The maximum atomic E-state index is 13.7. The van der Waals surface area contributed by atoms with Crippen molar-refractivity contribution in [3.05, 3.63) is 95.6 Å². The lowest BCUT2D eigenvalue weighted by Gasteiger charge is -2.25. The summed E-state index contributed by atoms with van der Waals surface area (Å²) in [6.07, 6.45) is 1.47. The first-order valence-corrected chi connectivity index (χ1v) is 14.7. The molecule has 0 fully saturated rings. The van der Waals surface area contributed by atoms with E-state index in [2.05, 4.69) is 16.0 Å². The van der Waals surface area contributed by atoms with Crippen LogP contribution < -0.4 is 27.4 Å². The summed E-state index contributed by atoms with van der Waals surface area (Å²) in [5.74, 6) is -3.07. The molecule has 0 spiro atoms. The maximum absolute atomic E-state index is 13.7. The number of unbranched alkanes of at least 4 members (excludes halogenated alkanes) is 1. The molecular formula is C33H41N5O7. The van der Waals surface area contributed by atoms with Gasteiger partial charge in [-0.25, -0.2) is 4.79 Å². The van der Waals surface area contributed by atoms with E-state index in [0.717, 1.165) is 11.1 Å². The van der Waals surface area contributed by atoms with Gasteiger partial charge in [-0.05, 0) is 73.2 Å². The normalized spacial score (nSPS) is 13.6. The summed E-state index contributed by atoms with van der Waals surface area (Å²) in [4.78, 5) is 52.2. The van der Waals surface area contributed by atoms with Gasteiger partial charge in [0.15, 0.2) is 0 Å². The summed E-state index contributed by atoms with van der Waals surface area (Å²) in [5.41, 5.74) is 13.9. The van der Waals surface area contributed by atoms with Gasteiger partial charge in [-0.2, -0.15) is 0 Å². The average Bonchev–Trinajstić information content (AvgIpc) is 3.02. The van der Waals surface area contributed by atoms with Crippen LogP contribution >= 0.6 is 0 Å². The summed E-state index contributed by atoms with van der Waals surface area (Å²) in [5, 5.41) is 36.8. The van der Waals surface area contributed by atoms with Gasteiger partial charge in [0.25, 0.3) is 0 Å². The number of nitrogens with two attached hydrogens (primary N) is 2. The highest BCUT2D eigenvalue weighted by atomic mass is 16.4. The zero-order valence-corrected chi connectivity index (χ0v) is 24.9. The topological polar surface area (TPSA) is 217 Å². The quantitative estimate of drug-likeness (QED) is 0.101. The number of hydrogen-bond acceptors (Lipinski definition) is 8. The molecule has 12 heteroatoms. The minimum Gasteiger partial charge on any atom is -0.508 e. The number of aromatic hydroxyl groups is 2. The molecule has 45 heavy (non-hydrogen) atoms. The molecule has 0 bridgehead atoms. The minimum atomic E-state index is -1.30. The van der Waals surface area contributed by atoms with Crippen molar-refractivity contribution in [3.8, 4) is 11.5 Å². The fourth-order valence-corrected chi connectivity index (χ4v) is 4.69. The molecule has 3 aromatic carbocycles. The van der Waals surface area contributed by atoms with Crippen LogP contribution in [0.2, 0.25) is 0 Å². The Bertz CT molecular complexity index is 1400. The number of phenolic OH excluding ortho intramolecular Hbond substituents is 2. The molecule has 3 amide bonds. The highest BCUT2D eigenvalue weighted by Gasteiger charge is 2.30. The van der Waals surface area contributed by atoms with Crippen molar-refractivity contribution >= 4 is 23.7 Å². The van der Waals surface area contributed by atoms with Crippen LogP contribution in [0.3, 0.4) is 0 Å². The Morgan fingerprint density at radius 3 is 1.62 bits per heavy atom. The molecule has 0 saturated heterocycles. The monoisotopic (exact) mass is 619 g/mol. The molecule has 0 aliphatic carbocycles. The first-order chi connectivity index (χ1) is 21.5. The number of carboxylic acids is 1. The standard InChI is InChI=1S/C33H41N5O7/c34-17-5-4-8-27(31(42)38-29(33(44)45)20-23-11-15-25(40)16-12-23)36-32(43)28(19-21-6-2-1-3-7-21)37-30(41)26(35)18-22-9-13-24(39)14-10-22/h1-3,6-7,9-16,26-29,39-40H,4-5,8,17-20,34-35H2,(H,36,43)(H,37,41)(H,38,42)(H,44,45). The van der Waals surface area contributed by atoms with E-state index >= 15 is 0 Å². The molecule has 12 nitrogen and oxygen atoms in total. The number of carboxylic acid groups (broad SMARTS) is 1. The first-order valence-electron chi connectivity index (χ1n) is 14.7. The van der Waals surface area contributed by atoms with Crippen molar-refractivity contribution in [2.75, 3.05) is 6.54 Å². The molecule has 0 aliphatic rings. The maximum Gasteiger partial charge on any atom is 0.326 e. The second kappa shape index (κ2) is 17.4. The molecule has 240 valence electrons. The van der Waals surface area contributed by atoms with Crippen molar-refractivity contribution in [3.63, 3.8) is 0 Å². The van der Waals surface area contributed by atoms with Crippen LogP contribution in [0.5, 0.6) is 11.5 Å². The lowest BCUT2D eigenvalue weighted by Crippen LogP contribution is -2.58. The molecule has 0 saturated carbocycles. The molecular weight excluding hydrogens is 578 g/mol. The zero-order chi connectivity index (χ0) is 32.8. The van der Waals surface area contributed by atoms with Gasteiger partial charge in [-0.3, -0.25) is 14.4 Å². The average molecular weight is 620 g/mol. The molecule has 0 radical (unpaired) electrons. The summed E-state index contributed by atoms with van der Waals surface area (Å²) in [6.45, 7) is 0.368. The van der Waals surface area contributed by atoms with E-state index in [1.807, 2.05) is 6.07 Å². The van der Waals surface area contributed by atoms with Crippen LogP contribution in [-0.4, -0.2) is 69.7 Å². The predicted molar refractivity (Wildman–Crippen MR) is 168 cm³/mol. The third-order valence-electron chi connectivity index (χ3n) is 7.22. The van der Waals surface area contributed by atoms with E-state index in [4.69, 9.17) is 11.5 Å². The Morgan fingerprint density at radius 1 is 0.600 bits per heavy atom. The molecule has 4 unspecified atom stereocenters. The number of carbonyl (C=O) groups excluding carboxylic acids is 3. The molecule has 3 aromatic rings. The fourth-order valence-electron chi connectivity index (χ4n) is 4.69. The largest absolute Gasteiger partial charge is 0.508 e. The van der Waals surface area contributed by atoms with Gasteiger partial charge in [-0.15, -0.1) is 0 Å². The van der Waals surface area contributed by atoms with E-state index in [-0.39, 0.29) is 37.2 Å². The third kappa shape index (κ3) is 11.6. The third-order valence-corrected chi connectivity index (χ3v) is 7.22. The molecule has 3 rings (SSSR count). The second-order valence-corrected chi connectivity index (χ2v) is 10.8. The first kappa shape index (κ1) is 34.5. The van der Waals surface area contributed by atoms with Crippen LogP contribution in [0.1, 0.15) is 36.0 Å². The van der Waals surface area contributed by atoms with E-state index in [0.29, 0.717) is 24.9 Å². The van der Waals surface area contributed by atoms with Crippen molar-refractivity contribution < 1.29 is 34.5 Å².